The number of aromatic nitrogens is 2. The summed E-state index contributed by atoms with van der Waals surface area (Å²) in [6.45, 7) is 9.15. The van der Waals surface area contributed by atoms with Crippen molar-refractivity contribution in [3.8, 4) is 0 Å². The molecule has 2 aromatic heterocycles. The first-order valence-corrected chi connectivity index (χ1v) is 15.0. The van der Waals surface area contributed by atoms with Gasteiger partial charge in [-0.1, -0.05) is 23.2 Å². The van der Waals surface area contributed by atoms with Crippen molar-refractivity contribution in [1.29, 1.82) is 0 Å². The van der Waals surface area contributed by atoms with Crippen LogP contribution < -0.4 is 0 Å². The highest BCUT2D eigenvalue weighted by atomic mass is 35.5. The van der Waals surface area contributed by atoms with Gasteiger partial charge in [0.15, 0.2) is 25.5 Å². The maximum absolute atomic E-state index is 14.5. The summed E-state index contributed by atoms with van der Waals surface area (Å²) in [6.07, 6.45) is 2.89. The topological polar surface area (TPSA) is 94.1 Å². The van der Waals surface area contributed by atoms with Crippen LogP contribution >= 0.6 is 23.2 Å². The van der Waals surface area contributed by atoms with Gasteiger partial charge in [0.2, 0.25) is 0 Å². The molecule has 0 N–H and O–H groups in total. The van der Waals surface area contributed by atoms with E-state index in [1.54, 1.807) is 0 Å². The molecule has 0 aliphatic carbocycles. The fraction of sp³-hybridized carbons (Fsp3) is 0.308. The molecule has 0 unspecified atom stereocenters. The van der Waals surface area contributed by atoms with Gasteiger partial charge in [-0.25, -0.2) is 25.6 Å². The van der Waals surface area contributed by atoms with Crippen LogP contribution in [0.25, 0.3) is 21.8 Å². The van der Waals surface area contributed by atoms with Crippen molar-refractivity contribution in [2.75, 3.05) is 0 Å². The molecule has 0 saturated heterocycles. The maximum Gasteiger partial charge on any atom is 0.186 e. The molecular formula is C26H26Cl2F2N2O4S2. The number of halogens is 4. The second kappa shape index (κ2) is 10.3. The summed E-state index contributed by atoms with van der Waals surface area (Å²) >= 11 is 11.9. The van der Waals surface area contributed by atoms with Crippen LogP contribution in [0.15, 0.2) is 58.6 Å². The molecular weight excluding hydrogens is 577 g/mol. The molecule has 204 valence electrons. The molecule has 0 bridgehead atoms. The van der Waals surface area contributed by atoms with E-state index in [4.69, 9.17) is 23.2 Å². The first-order chi connectivity index (χ1) is 17.3. The maximum atomic E-state index is 14.5. The van der Waals surface area contributed by atoms with Gasteiger partial charge in [-0.3, -0.25) is 9.97 Å². The van der Waals surface area contributed by atoms with Crippen LogP contribution in [-0.4, -0.2) is 36.3 Å². The summed E-state index contributed by atoms with van der Waals surface area (Å²) in [7, 11) is -7.55. The lowest BCUT2D eigenvalue weighted by atomic mass is 10.2. The normalized spacial score (nSPS) is 12.9. The molecule has 0 saturated carbocycles. The average molecular weight is 604 g/mol. The number of pyridine rings is 2. The van der Waals surface area contributed by atoms with Crippen molar-refractivity contribution in [3.63, 3.8) is 0 Å². The molecule has 2 aromatic carbocycles. The SMILES string of the molecule is CC(C)(C)S(=O)(=O)c1cc2c(Cl)ccnc2cc1F.CC(C)(C)S(=O)(=O)c1ccc2nccc(Cl)c2c1F. The molecule has 0 aliphatic heterocycles. The van der Waals surface area contributed by atoms with Crippen molar-refractivity contribution in [2.24, 2.45) is 0 Å². The third-order valence-corrected chi connectivity index (χ3v) is 11.3. The zero-order chi connectivity index (χ0) is 28.8. The quantitative estimate of drug-likeness (QED) is 0.241. The largest absolute Gasteiger partial charge is 0.256 e. The minimum atomic E-state index is -3.78. The van der Waals surface area contributed by atoms with Gasteiger partial charge in [0.25, 0.3) is 0 Å². The number of benzene rings is 2. The van der Waals surface area contributed by atoms with E-state index in [0.717, 1.165) is 6.07 Å². The Balaban J connectivity index is 0.000000211. The smallest absolute Gasteiger partial charge is 0.186 e. The highest BCUT2D eigenvalue weighted by molar-refractivity contribution is 7.93. The number of nitrogens with zero attached hydrogens (tertiary/aromatic N) is 2. The predicted molar refractivity (Wildman–Crippen MR) is 147 cm³/mol. The van der Waals surface area contributed by atoms with Crippen molar-refractivity contribution >= 4 is 64.7 Å². The van der Waals surface area contributed by atoms with Gasteiger partial charge in [-0.2, -0.15) is 0 Å². The average Bonchev–Trinajstić information content (AvgIpc) is 2.78. The van der Waals surface area contributed by atoms with Gasteiger partial charge in [0.05, 0.1) is 36.0 Å². The Kier molecular flexibility index (Phi) is 8.17. The molecule has 0 radical (unpaired) electrons. The van der Waals surface area contributed by atoms with Gasteiger partial charge in [-0.15, -0.1) is 0 Å². The fourth-order valence-electron chi connectivity index (χ4n) is 3.33. The molecule has 4 aromatic rings. The molecule has 12 heteroatoms. The lowest BCUT2D eigenvalue weighted by Gasteiger charge is -2.20. The van der Waals surface area contributed by atoms with Crippen LogP contribution in [0.2, 0.25) is 10.0 Å². The van der Waals surface area contributed by atoms with E-state index < -0.39 is 40.8 Å². The molecule has 0 amide bonds. The second-order valence-corrected chi connectivity index (χ2v) is 16.5. The van der Waals surface area contributed by atoms with E-state index >= 15 is 0 Å². The van der Waals surface area contributed by atoms with Gasteiger partial charge in [-0.05, 0) is 71.9 Å². The monoisotopic (exact) mass is 602 g/mol. The van der Waals surface area contributed by atoms with E-state index in [2.05, 4.69) is 9.97 Å². The van der Waals surface area contributed by atoms with Crippen LogP contribution in [-0.2, 0) is 19.7 Å². The Morgan fingerprint density at radius 1 is 0.684 bits per heavy atom. The highest BCUT2D eigenvalue weighted by Gasteiger charge is 2.35. The third-order valence-electron chi connectivity index (χ3n) is 5.69. The fourth-order valence-corrected chi connectivity index (χ4v) is 6.27. The Hall–Kier alpha value is -2.40. The minimum absolute atomic E-state index is 0.0366. The standard InChI is InChI=1S/2C13H13ClFNO2S/c1-13(2,3)19(17,18)12-6-8-9(14)4-5-16-11(8)7-10(12)15;1-13(2,3)19(17,18)10-5-4-9-11(12(10)15)8(14)6-7-16-9/h2*4-7H,1-3H3. The van der Waals surface area contributed by atoms with Crippen LogP contribution in [0, 0.1) is 11.6 Å². The minimum Gasteiger partial charge on any atom is -0.256 e. The molecule has 2 heterocycles. The summed E-state index contributed by atoms with van der Waals surface area (Å²) in [6, 6.07) is 8.01. The van der Waals surface area contributed by atoms with Gasteiger partial charge in [0, 0.05) is 23.8 Å². The molecule has 0 aliphatic rings. The van der Waals surface area contributed by atoms with Gasteiger partial charge >= 0.3 is 0 Å². The molecule has 0 atom stereocenters. The summed E-state index contributed by atoms with van der Waals surface area (Å²) in [5.74, 6) is -1.65. The van der Waals surface area contributed by atoms with Crippen LogP contribution in [0.5, 0.6) is 0 Å². The molecule has 6 nitrogen and oxygen atoms in total. The lowest BCUT2D eigenvalue weighted by Crippen LogP contribution is -2.28. The van der Waals surface area contributed by atoms with Crippen LogP contribution in [0.1, 0.15) is 41.5 Å². The number of hydrogen-bond acceptors (Lipinski definition) is 6. The first kappa shape index (κ1) is 30.1. The van der Waals surface area contributed by atoms with Crippen LogP contribution in [0.4, 0.5) is 8.78 Å². The van der Waals surface area contributed by atoms with E-state index in [1.807, 2.05) is 0 Å². The number of rotatable bonds is 2. The lowest BCUT2D eigenvalue weighted by molar-refractivity contribution is 0.541. The summed E-state index contributed by atoms with van der Waals surface area (Å²) in [4.78, 5) is 7.25. The molecule has 38 heavy (non-hydrogen) atoms. The zero-order valence-corrected chi connectivity index (χ0v) is 24.6. The van der Waals surface area contributed by atoms with E-state index in [9.17, 15) is 25.6 Å². The molecule has 0 spiro atoms. The Labute approximate surface area is 230 Å². The zero-order valence-electron chi connectivity index (χ0n) is 21.5. The molecule has 0 fully saturated rings. The van der Waals surface area contributed by atoms with E-state index in [1.165, 1.54) is 84.3 Å². The number of fused-ring (bicyclic) bond motifs is 2. The summed E-state index contributed by atoms with van der Waals surface area (Å²) in [5.41, 5.74) is 0.663. The molecule has 4 rings (SSSR count). The Morgan fingerprint density at radius 2 is 1.18 bits per heavy atom. The van der Waals surface area contributed by atoms with Gasteiger partial charge in [0.1, 0.15) is 15.6 Å². The number of sulfone groups is 2. The Morgan fingerprint density at radius 3 is 1.74 bits per heavy atom. The van der Waals surface area contributed by atoms with Crippen molar-refractivity contribution in [3.05, 3.63) is 70.5 Å². The Bertz CT molecular complexity index is 1720. The second-order valence-electron chi connectivity index (χ2n) is 10.4. The summed E-state index contributed by atoms with van der Waals surface area (Å²) in [5, 5.41) is 0.951. The highest BCUT2D eigenvalue weighted by Crippen LogP contribution is 2.34. The van der Waals surface area contributed by atoms with E-state index in [-0.39, 0.29) is 20.2 Å². The van der Waals surface area contributed by atoms with Crippen molar-refractivity contribution in [2.45, 2.75) is 60.8 Å². The van der Waals surface area contributed by atoms with Crippen molar-refractivity contribution < 1.29 is 25.6 Å². The van der Waals surface area contributed by atoms with E-state index in [0.29, 0.717) is 21.4 Å². The first-order valence-electron chi connectivity index (χ1n) is 11.3. The predicted octanol–water partition coefficient (Wildman–Crippen LogP) is 7.20. The third kappa shape index (κ3) is 5.50. The van der Waals surface area contributed by atoms with Gasteiger partial charge < -0.3 is 0 Å². The van der Waals surface area contributed by atoms with Crippen molar-refractivity contribution in [1.82, 2.24) is 9.97 Å². The number of hydrogen-bond donors (Lipinski definition) is 0. The van der Waals surface area contributed by atoms with Crippen LogP contribution in [0.3, 0.4) is 0 Å². The summed E-state index contributed by atoms with van der Waals surface area (Å²) < 4.78 is 75.6.